The molecule has 0 aliphatic heterocycles. The minimum absolute atomic E-state index is 0.0620. The normalized spacial score (nSPS) is 12.1. The molecule has 0 saturated heterocycles. The smallest absolute Gasteiger partial charge is 0.306 e. The third kappa shape index (κ3) is 63.1. The number of carbonyl (C=O) groups is 3. The third-order valence-electron chi connectivity index (χ3n) is 15.9. The van der Waals surface area contributed by atoms with Crippen molar-refractivity contribution in [2.45, 2.75) is 394 Å². The van der Waals surface area contributed by atoms with Crippen LogP contribution in [-0.2, 0) is 28.6 Å². The van der Waals surface area contributed by atoms with E-state index < -0.39 is 6.10 Å². The highest BCUT2D eigenvalue weighted by Crippen LogP contribution is 2.20. The number of rotatable bonds is 62. The Morgan fingerprint density at radius 1 is 0.227 bits per heavy atom. The van der Waals surface area contributed by atoms with Gasteiger partial charge in [0.2, 0.25) is 0 Å². The number of hydrogen-bond acceptors (Lipinski definition) is 6. The van der Waals surface area contributed by atoms with Gasteiger partial charge in [0.15, 0.2) is 6.10 Å². The lowest BCUT2D eigenvalue weighted by Crippen LogP contribution is -2.30. The standard InChI is InChI=1S/C69H134O6/c1-63(2)55-49-43-37-31-25-19-13-9-7-8-10-16-24-30-36-42-48-54-60-69(72)75-66(62-74-68(71)59-53-47-41-35-29-23-18-17-21-27-33-39-45-51-57-65(5)6)61-73-67(70)58-52-46-40-34-28-22-15-12-11-14-20-26-32-38-44-50-56-64(3)4/h63-66H,7-62H2,1-6H3/t66-/m0/s1. The first-order valence-electron chi connectivity index (χ1n) is 34.1. The first kappa shape index (κ1) is 73.4. The molecule has 0 fully saturated rings. The molecule has 0 bridgehead atoms. The van der Waals surface area contributed by atoms with Crippen molar-refractivity contribution in [2.24, 2.45) is 17.8 Å². The number of unbranched alkanes of at least 4 members (excludes halogenated alkanes) is 45. The maximum atomic E-state index is 12.9. The molecule has 0 heterocycles. The van der Waals surface area contributed by atoms with Crippen LogP contribution in [-0.4, -0.2) is 37.2 Å². The predicted molar refractivity (Wildman–Crippen MR) is 326 cm³/mol. The molecule has 0 N–H and O–H groups in total. The molecular weight excluding hydrogens is 925 g/mol. The van der Waals surface area contributed by atoms with Gasteiger partial charge in [0.25, 0.3) is 0 Å². The van der Waals surface area contributed by atoms with Crippen LogP contribution in [0, 0.1) is 17.8 Å². The van der Waals surface area contributed by atoms with Gasteiger partial charge >= 0.3 is 17.9 Å². The molecule has 0 rings (SSSR count). The van der Waals surface area contributed by atoms with Crippen LogP contribution in [0.25, 0.3) is 0 Å². The summed E-state index contributed by atoms with van der Waals surface area (Å²) in [7, 11) is 0. The van der Waals surface area contributed by atoms with E-state index in [0.29, 0.717) is 19.3 Å². The van der Waals surface area contributed by atoms with Crippen molar-refractivity contribution >= 4 is 17.9 Å². The molecular formula is C69H134O6. The van der Waals surface area contributed by atoms with E-state index in [0.717, 1.165) is 75.5 Å². The van der Waals surface area contributed by atoms with Gasteiger partial charge in [0.05, 0.1) is 0 Å². The molecule has 1 atom stereocenters. The fourth-order valence-electron chi connectivity index (χ4n) is 10.8. The Balaban J connectivity index is 4.28. The quantitative estimate of drug-likeness (QED) is 0.0343. The zero-order chi connectivity index (χ0) is 54.8. The maximum Gasteiger partial charge on any atom is 0.306 e. The number of ether oxygens (including phenoxy) is 3. The summed E-state index contributed by atoms with van der Waals surface area (Å²) in [5.41, 5.74) is 0. The fraction of sp³-hybridized carbons (Fsp3) is 0.957. The molecule has 0 unspecified atom stereocenters. The third-order valence-corrected chi connectivity index (χ3v) is 15.9. The van der Waals surface area contributed by atoms with Gasteiger partial charge in [-0.05, 0) is 37.0 Å². The van der Waals surface area contributed by atoms with Crippen molar-refractivity contribution in [1.82, 2.24) is 0 Å². The van der Waals surface area contributed by atoms with Crippen LogP contribution >= 0.6 is 0 Å². The van der Waals surface area contributed by atoms with Crippen LogP contribution in [0.3, 0.4) is 0 Å². The predicted octanol–water partition coefficient (Wildman–Crippen LogP) is 23.0. The highest BCUT2D eigenvalue weighted by molar-refractivity contribution is 5.71. The fourth-order valence-corrected chi connectivity index (χ4v) is 10.8. The van der Waals surface area contributed by atoms with Gasteiger partial charge in [-0.25, -0.2) is 0 Å². The lowest BCUT2D eigenvalue weighted by Gasteiger charge is -2.18. The topological polar surface area (TPSA) is 78.9 Å². The molecule has 0 saturated carbocycles. The first-order valence-corrected chi connectivity index (χ1v) is 34.1. The van der Waals surface area contributed by atoms with Crippen LogP contribution in [0.4, 0.5) is 0 Å². The van der Waals surface area contributed by atoms with Gasteiger partial charge < -0.3 is 14.2 Å². The van der Waals surface area contributed by atoms with E-state index in [2.05, 4.69) is 41.5 Å². The molecule has 0 radical (unpaired) electrons. The second kappa shape index (κ2) is 60.1. The summed E-state index contributed by atoms with van der Waals surface area (Å²) in [6, 6.07) is 0. The van der Waals surface area contributed by atoms with Crippen molar-refractivity contribution < 1.29 is 28.6 Å². The van der Waals surface area contributed by atoms with Crippen molar-refractivity contribution in [1.29, 1.82) is 0 Å². The van der Waals surface area contributed by atoms with Crippen LogP contribution in [0.2, 0.25) is 0 Å². The van der Waals surface area contributed by atoms with E-state index in [-0.39, 0.29) is 31.1 Å². The van der Waals surface area contributed by atoms with E-state index in [1.165, 1.54) is 270 Å². The van der Waals surface area contributed by atoms with Crippen LogP contribution in [0.1, 0.15) is 388 Å². The van der Waals surface area contributed by atoms with E-state index in [1.54, 1.807) is 0 Å². The SMILES string of the molecule is CC(C)CCCCCCCCCCCCCCCCCCCCC(=O)O[C@@H](COC(=O)CCCCCCCCCCCCCCCCCCC(C)C)COC(=O)CCCCCCCCCCCCCCCCC(C)C. The summed E-state index contributed by atoms with van der Waals surface area (Å²) in [6.45, 7) is 13.8. The van der Waals surface area contributed by atoms with Gasteiger partial charge in [-0.1, -0.05) is 350 Å². The Morgan fingerprint density at radius 2 is 0.387 bits per heavy atom. The number of esters is 3. The zero-order valence-corrected chi connectivity index (χ0v) is 51.9. The molecule has 0 spiro atoms. The highest BCUT2D eigenvalue weighted by atomic mass is 16.6. The molecule has 0 amide bonds. The monoisotopic (exact) mass is 1060 g/mol. The summed E-state index contributed by atoms with van der Waals surface area (Å²) in [5, 5.41) is 0. The van der Waals surface area contributed by atoms with Crippen molar-refractivity contribution in [3.05, 3.63) is 0 Å². The van der Waals surface area contributed by atoms with Crippen LogP contribution < -0.4 is 0 Å². The zero-order valence-electron chi connectivity index (χ0n) is 51.9. The van der Waals surface area contributed by atoms with E-state index in [4.69, 9.17) is 14.2 Å². The highest BCUT2D eigenvalue weighted by Gasteiger charge is 2.20. The largest absolute Gasteiger partial charge is 0.462 e. The second-order valence-corrected chi connectivity index (χ2v) is 25.2. The molecule has 446 valence electrons. The van der Waals surface area contributed by atoms with Gasteiger partial charge in [-0.2, -0.15) is 0 Å². The maximum absolute atomic E-state index is 12.9. The summed E-state index contributed by atoms with van der Waals surface area (Å²) in [4.78, 5) is 38.4. The Kier molecular flexibility index (Phi) is 58.8. The number of carbonyl (C=O) groups excluding carboxylic acids is 3. The average Bonchev–Trinajstić information content (AvgIpc) is 3.38. The van der Waals surface area contributed by atoms with E-state index >= 15 is 0 Å². The Labute approximate surface area is 469 Å². The molecule has 75 heavy (non-hydrogen) atoms. The summed E-state index contributed by atoms with van der Waals surface area (Å²) < 4.78 is 17.0. The minimum Gasteiger partial charge on any atom is -0.462 e. The number of hydrogen-bond donors (Lipinski definition) is 0. The molecule has 6 heteroatoms. The lowest BCUT2D eigenvalue weighted by atomic mass is 10.0. The second-order valence-electron chi connectivity index (χ2n) is 25.2. The summed E-state index contributed by atoms with van der Waals surface area (Å²) >= 11 is 0. The Bertz CT molecular complexity index is 1160. The molecule has 0 aromatic heterocycles. The Hall–Kier alpha value is -1.59. The molecule has 0 aliphatic carbocycles. The Morgan fingerprint density at radius 3 is 0.573 bits per heavy atom. The molecule has 0 aromatic carbocycles. The molecule has 0 aromatic rings. The minimum atomic E-state index is -0.765. The van der Waals surface area contributed by atoms with Gasteiger partial charge in [0.1, 0.15) is 13.2 Å². The van der Waals surface area contributed by atoms with E-state index in [9.17, 15) is 14.4 Å². The van der Waals surface area contributed by atoms with Crippen molar-refractivity contribution in [2.75, 3.05) is 13.2 Å². The van der Waals surface area contributed by atoms with Gasteiger partial charge in [-0.15, -0.1) is 0 Å². The van der Waals surface area contributed by atoms with Crippen molar-refractivity contribution in [3.63, 3.8) is 0 Å². The molecule has 6 nitrogen and oxygen atoms in total. The lowest BCUT2D eigenvalue weighted by molar-refractivity contribution is -0.167. The average molecular weight is 1060 g/mol. The molecule has 0 aliphatic rings. The van der Waals surface area contributed by atoms with Crippen LogP contribution in [0.15, 0.2) is 0 Å². The summed E-state index contributed by atoms with van der Waals surface area (Å²) in [6.07, 6.45) is 66.8. The van der Waals surface area contributed by atoms with Gasteiger partial charge in [-0.3, -0.25) is 14.4 Å². The van der Waals surface area contributed by atoms with Crippen molar-refractivity contribution in [3.8, 4) is 0 Å². The first-order chi connectivity index (χ1) is 36.6. The summed E-state index contributed by atoms with van der Waals surface area (Å²) in [5.74, 6) is 1.73. The van der Waals surface area contributed by atoms with Crippen LogP contribution in [0.5, 0.6) is 0 Å². The van der Waals surface area contributed by atoms with Gasteiger partial charge in [0, 0.05) is 19.3 Å². The van der Waals surface area contributed by atoms with E-state index in [1.807, 2.05) is 0 Å².